The second-order valence-corrected chi connectivity index (χ2v) is 8.01. The van der Waals surface area contributed by atoms with Crippen LogP contribution in [0.1, 0.15) is 16.7 Å². The molecule has 7 heteroatoms. The first-order valence-corrected chi connectivity index (χ1v) is 11.1. The van der Waals surface area contributed by atoms with Crippen LogP contribution in [-0.4, -0.2) is 45.0 Å². The van der Waals surface area contributed by atoms with Crippen LogP contribution in [0.5, 0.6) is 23.0 Å². The number of ether oxygens (including phenoxy) is 5. The molecule has 1 aliphatic rings. The van der Waals surface area contributed by atoms with Gasteiger partial charge in [-0.25, -0.2) is 4.79 Å². The topological polar surface area (TPSA) is 66.5 Å². The van der Waals surface area contributed by atoms with Crippen molar-refractivity contribution in [1.29, 1.82) is 0 Å². The largest absolute Gasteiger partial charge is 0.493 e. The molecule has 1 atom stereocenters. The molecule has 178 valence electrons. The molecule has 7 nitrogen and oxygen atoms in total. The molecule has 34 heavy (non-hydrogen) atoms. The third-order valence-electron chi connectivity index (χ3n) is 5.81. The summed E-state index contributed by atoms with van der Waals surface area (Å²) in [4.78, 5) is 14.3. The minimum Gasteiger partial charge on any atom is -0.493 e. The van der Waals surface area contributed by atoms with Gasteiger partial charge in [-0.3, -0.25) is 4.90 Å². The summed E-state index contributed by atoms with van der Waals surface area (Å²) in [6, 6.07) is 21.3. The molecular weight excluding hydrogens is 434 g/mol. The van der Waals surface area contributed by atoms with Gasteiger partial charge in [-0.1, -0.05) is 42.5 Å². The van der Waals surface area contributed by atoms with E-state index in [2.05, 4.69) is 0 Å². The lowest BCUT2D eigenvalue weighted by Crippen LogP contribution is -2.34. The van der Waals surface area contributed by atoms with Crippen LogP contribution in [0, 0.1) is 0 Å². The fraction of sp³-hybridized carbons (Fsp3) is 0.296. The molecule has 0 aliphatic carbocycles. The Balaban J connectivity index is 1.48. The van der Waals surface area contributed by atoms with E-state index in [1.165, 1.54) is 0 Å². The van der Waals surface area contributed by atoms with Crippen LogP contribution < -0.4 is 18.9 Å². The molecule has 1 amide bonds. The summed E-state index contributed by atoms with van der Waals surface area (Å²) < 4.78 is 27.6. The molecule has 3 aromatic rings. The fourth-order valence-corrected chi connectivity index (χ4v) is 4.00. The van der Waals surface area contributed by atoms with Crippen molar-refractivity contribution < 1.29 is 28.5 Å². The maximum Gasteiger partial charge on any atom is 0.410 e. The van der Waals surface area contributed by atoms with Gasteiger partial charge in [0.05, 0.1) is 27.4 Å². The Bertz CT molecular complexity index is 1120. The van der Waals surface area contributed by atoms with Gasteiger partial charge in [0.2, 0.25) is 0 Å². The lowest BCUT2D eigenvalue weighted by molar-refractivity contribution is 0.156. The van der Waals surface area contributed by atoms with Crippen molar-refractivity contribution in [1.82, 2.24) is 4.90 Å². The summed E-state index contributed by atoms with van der Waals surface area (Å²) >= 11 is 0. The molecule has 3 aromatic carbocycles. The van der Waals surface area contributed by atoms with Gasteiger partial charge in [0.25, 0.3) is 0 Å². The minimum atomic E-state index is -0.326. The smallest absolute Gasteiger partial charge is 0.410 e. The van der Waals surface area contributed by atoms with E-state index in [1.807, 2.05) is 66.7 Å². The zero-order valence-corrected chi connectivity index (χ0v) is 19.7. The predicted molar refractivity (Wildman–Crippen MR) is 128 cm³/mol. The highest BCUT2D eigenvalue weighted by Gasteiger charge is 2.33. The Morgan fingerprint density at radius 1 is 0.794 bits per heavy atom. The lowest BCUT2D eigenvalue weighted by Gasteiger charge is -2.22. The first-order chi connectivity index (χ1) is 16.6. The maximum absolute atomic E-state index is 12.5. The number of hydrogen-bond acceptors (Lipinski definition) is 6. The van der Waals surface area contributed by atoms with Crippen LogP contribution in [0.15, 0.2) is 66.7 Å². The molecule has 0 aromatic heterocycles. The fourth-order valence-electron chi connectivity index (χ4n) is 4.00. The van der Waals surface area contributed by atoms with Gasteiger partial charge in [0, 0.05) is 6.54 Å². The van der Waals surface area contributed by atoms with E-state index in [1.54, 1.807) is 26.2 Å². The highest BCUT2D eigenvalue weighted by atomic mass is 16.6. The quantitative estimate of drug-likeness (QED) is 0.428. The minimum absolute atomic E-state index is 0.0959. The average Bonchev–Trinajstić information content (AvgIpc) is 3.21. The number of methoxy groups -OCH3 is 3. The molecule has 1 saturated heterocycles. The van der Waals surface area contributed by atoms with Gasteiger partial charge < -0.3 is 23.7 Å². The monoisotopic (exact) mass is 463 g/mol. The van der Waals surface area contributed by atoms with Crippen molar-refractivity contribution in [2.75, 3.05) is 27.9 Å². The summed E-state index contributed by atoms with van der Waals surface area (Å²) in [6.07, 6.45) is 0.313. The number of nitrogens with zero attached hydrogens (tertiary/aromatic N) is 1. The summed E-state index contributed by atoms with van der Waals surface area (Å²) in [7, 11) is 4.83. The van der Waals surface area contributed by atoms with Crippen LogP contribution in [-0.2, 0) is 24.3 Å². The Morgan fingerprint density at radius 3 is 2.15 bits per heavy atom. The molecule has 0 spiro atoms. The van der Waals surface area contributed by atoms with Crippen LogP contribution in [0.3, 0.4) is 0 Å². The van der Waals surface area contributed by atoms with Crippen LogP contribution in [0.2, 0.25) is 0 Å². The number of amides is 1. The summed E-state index contributed by atoms with van der Waals surface area (Å²) in [5, 5.41) is 0. The van der Waals surface area contributed by atoms with Gasteiger partial charge >= 0.3 is 6.09 Å². The zero-order valence-electron chi connectivity index (χ0n) is 19.7. The van der Waals surface area contributed by atoms with Crippen molar-refractivity contribution in [3.63, 3.8) is 0 Å². The Kier molecular flexibility index (Phi) is 7.42. The Hall–Kier alpha value is -3.87. The Labute approximate surface area is 199 Å². The number of carbonyl (C=O) groups excluding carboxylic acids is 1. The lowest BCUT2D eigenvalue weighted by atomic mass is 10.0. The molecular formula is C27H29NO6. The van der Waals surface area contributed by atoms with Gasteiger partial charge in [0.1, 0.15) is 13.2 Å². The maximum atomic E-state index is 12.5. The first-order valence-electron chi connectivity index (χ1n) is 11.1. The molecule has 0 bridgehead atoms. The normalized spacial score (nSPS) is 15.1. The van der Waals surface area contributed by atoms with Gasteiger partial charge in [0.15, 0.2) is 23.0 Å². The second-order valence-electron chi connectivity index (χ2n) is 8.01. The van der Waals surface area contributed by atoms with E-state index < -0.39 is 0 Å². The van der Waals surface area contributed by atoms with E-state index in [9.17, 15) is 4.79 Å². The number of carbonyl (C=O) groups is 1. The summed E-state index contributed by atoms with van der Waals surface area (Å²) in [5.41, 5.74) is 3.03. The highest BCUT2D eigenvalue weighted by Crippen LogP contribution is 2.32. The van der Waals surface area contributed by atoms with Crippen molar-refractivity contribution in [2.24, 2.45) is 0 Å². The molecule has 0 radical (unpaired) electrons. The molecule has 0 N–H and O–H groups in total. The molecule has 4 rings (SSSR count). The van der Waals surface area contributed by atoms with Crippen LogP contribution in [0.4, 0.5) is 4.79 Å². The molecule has 0 saturated carbocycles. The number of benzene rings is 3. The van der Waals surface area contributed by atoms with Gasteiger partial charge in [-0.05, 0) is 47.4 Å². The van der Waals surface area contributed by atoms with Crippen molar-refractivity contribution in [3.8, 4) is 23.0 Å². The number of cyclic esters (lactones) is 1. The number of rotatable bonds is 10. The third-order valence-corrected chi connectivity index (χ3v) is 5.81. The number of hydrogen-bond donors (Lipinski definition) is 0. The van der Waals surface area contributed by atoms with Crippen molar-refractivity contribution in [2.45, 2.75) is 25.6 Å². The van der Waals surface area contributed by atoms with E-state index in [-0.39, 0.29) is 12.1 Å². The zero-order chi connectivity index (χ0) is 23.9. The van der Waals surface area contributed by atoms with Crippen molar-refractivity contribution >= 4 is 6.09 Å². The molecule has 0 unspecified atom stereocenters. The third kappa shape index (κ3) is 5.36. The van der Waals surface area contributed by atoms with E-state index in [0.29, 0.717) is 49.2 Å². The summed E-state index contributed by atoms with van der Waals surface area (Å²) in [5.74, 6) is 2.61. The molecule has 1 fully saturated rings. The van der Waals surface area contributed by atoms with E-state index in [0.717, 1.165) is 16.7 Å². The van der Waals surface area contributed by atoms with Crippen molar-refractivity contribution in [3.05, 3.63) is 83.4 Å². The average molecular weight is 464 g/mol. The van der Waals surface area contributed by atoms with Gasteiger partial charge in [-0.2, -0.15) is 0 Å². The molecule has 1 aliphatic heterocycles. The first kappa shape index (κ1) is 23.3. The Morgan fingerprint density at radius 2 is 1.44 bits per heavy atom. The van der Waals surface area contributed by atoms with E-state index in [4.69, 9.17) is 23.7 Å². The molecule has 1 heterocycles. The van der Waals surface area contributed by atoms with Gasteiger partial charge in [-0.15, -0.1) is 0 Å². The SMILES string of the molecule is COc1ccc(C[C@H]2COC(=O)N2Cc2ccc(OC)c(OCc3ccccc3)c2)cc1OC. The predicted octanol–water partition coefficient (Wildman–Crippen LogP) is 4.85. The van der Waals surface area contributed by atoms with E-state index >= 15 is 0 Å². The second kappa shape index (κ2) is 10.8. The highest BCUT2D eigenvalue weighted by molar-refractivity contribution is 5.70. The van der Waals surface area contributed by atoms with Crippen LogP contribution in [0.25, 0.3) is 0 Å². The standard InChI is InChI=1S/C27H29NO6/c1-30-23-11-9-20(14-25(23)32-3)13-22-18-34-27(29)28(22)16-21-10-12-24(31-2)26(15-21)33-17-19-7-5-4-6-8-19/h4-12,14-15,22H,13,16-18H2,1-3H3/t22-/m0/s1. The van der Waals surface area contributed by atoms with Crippen LogP contribution >= 0.6 is 0 Å². The summed E-state index contributed by atoms with van der Waals surface area (Å²) in [6.45, 7) is 1.16.